The van der Waals surface area contributed by atoms with E-state index in [9.17, 15) is 9.59 Å². The topological polar surface area (TPSA) is 88.5 Å². The van der Waals surface area contributed by atoms with Gasteiger partial charge in [-0.3, -0.25) is 4.79 Å². The number of nitrogens with zero attached hydrogens (tertiary/aromatic N) is 1. The molecule has 98 valence electrons. The zero-order chi connectivity index (χ0) is 13.1. The SMILES string of the molecule is C[C@@H]1CC[C@H](C(=O)NCc2nc(C(=O)O)cs2)O1. The molecule has 7 heteroatoms. The second-order valence-electron chi connectivity index (χ2n) is 4.16. The van der Waals surface area contributed by atoms with Crippen molar-refractivity contribution < 1.29 is 19.4 Å². The van der Waals surface area contributed by atoms with Gasteiger partial charge >= 0.3 is 5.97 Å². The summed E-state index contributed by atoms with van der Waals surface area (Å²) in [5.41, 5.74) is 0.00925. The molecule has 0 bridgehead atoms. The minimum atomic E-state index is -1.06. The Hall–Kier alpha value is -1.47. The summed E-state index contributed by atoms with van der Waals surface area (Å²) in [5, 5.41) is 13.5. The molecule has 0 saturated carbocycles. The third-order valence-electron chi connectivity index (χ3n) is 2.71. The highest BCUT2D eigenvalue weighted by Crippen LogP contribution is 2.19. The molecule has 1 amide bonds. The number of nitrogens with one attached hydrogen (secondary N) is 1. The maximum atomic E-state index is 11.7. The zero-order valence-electron chi connectivity index (χ0n) is 9.88. The average molecular weight is 270 g/mol. The fourth-order valence-corrected chi connectivity index (χ4v) is 2.47. The highest BCUT2D eigenvalue weighted by atomic mass is 32.1. The largest absolute Gasteiger partial charge is 0.476 e. The Morgan fingerprint density at radius 2 is 2.39 bits per heavy atom. The Morgan fingerprint density at radius 3 is 2.94 bits per heavy atom. The Balaban J connectivity index is 1.83. The number of carboxylic acids is 1. The van der Waals surface area contributed by atoms with Crippen LogP contribution in [0.1, 0.15) is 35.3 Å². The Labute approximate surface area is 108 Å². The van der Waals surface area contributed by atoms with Crippen molar-refractivity contribution in [1.82, 2.24) is 10.3 Å². The fraction of sp³-hybridized carbons (Fsp3) is 0.545. The number of ether oxygens (including phenoxy) is 1. The predicted octanol–water partition coefficient (Wildman–Crippen LogP) is 1.02. The number of hydrogen-bond donors (Lipinski definition) is 2. The van der Waals surface area contributed by atoms with Crippen LogP contribution in [-0.4, -0.2) is 34.2 Å². The zero-order valence-corrected chi connectivity index (χ0v) is 10.7. The van der Waals surface area contributed by atoms with Crippen molar-refractivity contribution in [3.05, 3.63) is 16.1 Å². The van der Waals surface area contributed by atoms with Crippen LogP contribution in [0, 0.1) is 0 Å². The highest BCUT2D eigenvalue weighted by molar-refractivity contribution is 7.09. The number of aromatic nitrogens is 1. The molecule has 2 N–H and O–H groups in total. The van der Waals surface area contributed by atoms with Crippen LogP contribution in [0.2, 0.25) is 0 Å². The van der Waals surface area contributed by atoms with Gasteiger partial charge in [0.1, 0.15) is 11.1 Å². The standard InChI is InChI=1S/C11H14N2O4S/c1-6-2-3-8(17-6)10(14)12-4-9-13-7(5-18-9)11(15)16/h5-6,8H,2-4H2,1H3,(H,12,14)(H,15,16)/t6-,8-/m1/s1. The first kappa shape index (κ1) is 13.0. The van der Waals surface area contributed by atoms with Crippen molar-refractivity contribution in [3.63, 3.8) is 0 Å². The van der Waals surface area contributed by atoms with Gasteiger partial charge in [0, 0.05) is 5.38 Å². The summed E-state index contributed by atoms with van der Waals surface area (Å²) in [4.78, 5) is 26.3. The van der Waals surface area contributed by atoms with Crippen LogP contribution < -0.4 is 5.32 Å². The monoisotopic (exact) mass is 270 g/mol. The van der Waals surface area contributed by atoms with E-state index in [1.54, 1.807) is 0 Å². The lowest BCUT2D eigenvalue weighted by Gasteiger charge is -2.10. The lowest BCUT2D eigenvalue weighted by molar-refractivity contribution is -0.131. The van der Waals surface area contributed by atoms with Crippen molar-refractivity contribution >= 4 is 23.2 Å². The van der Waals surface area contributed by atoms with Gasteiger partial charge in [0.15, 0.2) is 5.69 Å². The molecule has 1 aliphatic heterocycles. The third kappa shape index (κ3) is 3.05. The summed E-state index contributed by atoms with van der Waals surface area (Å²) in [6, 6.07) is 0. The molecule has 1 aromatic heterocycles. The predicted molar refractivity (Wildman–Crippen MR) is 64.5 cm³/mol. The van der Waals surface area contributed by atoms with Gasteiger partial charge in [-0.05, 0) is 19.8 Å². The van der Waals surface area contributed by atoms with Crippen LogP contribution in [0.25, 0.3) is 0 Å². The number of rotatable bonds is 4. The second kappa shape index (κ2) is 5.45. The van der Waals surface area contributed by atoms with Crippen molar-refractivity contribution in [3.8, 4) is 0 Å². The summed E-state index contributed by atoms with van der Waals surface area (Å²) in [6.45, 7) is 2.18. The van der Waals surface area contributed by atoms with Crippen molar-refractivity contribution in [2.45, 2.75) is 38.5 Å². The summed E-state index contributed by atoms with van der Waals surface area (Å²) in [6.07, 6.45) is 1.35. The molecule has 1 saturated heterocycles. The molecule has 1 aromatic rings. The molecule has 2 atom stereocenters. The number of carboxylic acid groups (broad SMARTS) is 1. The highest BCUT2D eigenvalue weighted by Gasteiger charge is 2.27. The Bertz CT molecular complexity index is 460. The second-order valence-corrected chi connectivity index (χ2v) is 5.10. The van der Waals surface area contributed by atoms with Crippen LogP contribution in [-0.2, 0) is 16.1 Å². The number of carbonyl (C=O) groups excluding carboxylic acids is 1. The molecule has 0 aliphatic carbocycles. The van der Waals surface area contributed by atoms with Gasteiger partial charge in [0.2, 0.25) is 5.91 Å². The molecule has 0 aromatic carbocycles. The maximum Gasteiger partial charge on any atom is 0.355 e. The van der Waals surface area contributed by atoms with Crippen LogP contribution in [0.15, 0.2) is 5.38 Å². The molecule has 18 heavy (non-hydrogen) atoms. The van der Waals surface area contributed by atoms with E-state index >= 15 is 0 Å². The normalized spacial score (nSPS) is 22.9. The molecule has 1 fully saturated rings. The summed E-state index contributed by atoms with van der Waals surface area (Å²) < 4.78 is 5.43. The van der Waals surface area contributed by atoms with E-state index < -0.39 is 5.97 Å². The summed E-state index contributed by atoms with van der Waals surface area (Å²) in [7, 11) is 0. The van der Waals surface area contributed by atoms with Crippen LogP contribution in [0.4, 0.5) is 0 Å². The number of amides is 1. The molecular formula is C11H14N2O4S. The van der Waals surface area contributed by atoms with Gasteiger partial charge in [0.25, 0.3) is 0 Å². The first-order chi connectivity index (χ1) is 8.56. The minimum Gasteiger partial charge on any atom is -0.476 e. The number of thiazole rings is 1. The van der Waals surface area contributed by atoms with Crippen LogP contribution in [0.5, 0.6) is 0 Å². The van der Waals surface area contributed by atoms with E-state index in [0.717, 1.165) is 12.8 Å². The number of hydrogen-bond acceptors (Lipinski definition) is 5. The lowest BCUT2D eigenvalue weighted by Crippen LogP contribution is -2.34. The lowest BCUT2D eigenvalue weighted by atomic mass is 10.2. The van der Waals surface area contributed by atoms with Crippen molar-refractivity contribution in [2.24, 2.45) is 0 Å². The van der Waals surface area contributed by atoms with Crippen molar-refractivity contribution in [1.29, 1.82) is 0 Å². The molecule has 2 heterocycles. The smallest absolute Gasteiger partial charge is 0.355 e. The molecule has 6 nitrogen and oxygen atoms in total. The van der Waals surface area contributed by atoms with E-state index in [0.29, 0.717) is 5.01 Å². The van der Waals surface area contributed by atoms with Gasteiger partial charge in [-0.2, -0.15) is 0 Å². The molecule has 1 aliphatic rings. The quantitative estimate of drug-likeness (QED) is 0.853. The molecule has 0 spiro atoms. The van der Waals surface area contributed by atoms with E-state index in [1.807, 2.05) is 6.92 Å². The van der Waals surface area contributed by atoms with Crippen molar-refractivity contribution in [2.75, 3.05) is 0 Å². The summed E-state index contributed by atoms with van der Waals surface area (Å²) >= 11 is 1.22. The van der Waals surface area contributed by atoms with Gasteiger partial charge in [-0.25, -0.2) is 9.78 Å². The van der Waals surface area contributed by atoms with Gasteiger partial charge in [-0.1, -0.05) is 0 Å². The van der Waals surface area contributed by atoms with E-state index in [4.69, 9.17) is 9.84 Å². The first-order valence-electron chi connectivity index (χ1n) is 5.67. The Morgan fingerprint density at radius 1 is 1.61 bits per heavy atom. The Kier molecular flexibility index (Phi) is 3.93. The van der Waals surface area contributed by atoms with Crippen LogP contribution in [0.3, 0.4) is 0 Å². The van der Waals surface area contributed by atoms with Gasteiger partial charge < -0.3 is 15.2 Å². The molecule has 2 rings (SSSR count). The van der Waals surface area contributed by atoms with E-state index in [2.05, 4.69) is 10.3 Å². The van der Waals surface area contributed by atoms with Crippen LogP contribution >= 0.6 is 11.3 Å². The molecule has 0 unspecified atom stereocenters. The number of aromatic carboxylic acids is 1. The minimum absolute atomic E-state index is 0.00925. The van der Waals surface area contributed by atoms with E-state index in [-0.39, 0.29) is 30.4 Å². The maximum absolute atomic E-state index is 11.7. The molecule has 0 radical (unpaired) electrons. The first-order valence-corrected chi connectivity index (χ1v) is 6.55. The number of carbonyl (C=O) groups is 2. The van der Waals surface area contributed by atoms with Gasteiger partial charge in [0.05, 0.1) is 12.6 Å². The fourth-order valence-electron chi connectivity index (χ4n) is 1.76. The average Bonchev–Trinajstić information content (AvgIpc) is 2.94. The van der Waals surface area contributed by atoms with E-state index in [1.165, 1.54) is 16.7 Å². The summed E-state index contributed by atoms with van der Waals surface area (Å²) in [5.74, 6) is -1.22. The third-order valence-corrected chi connectivity index (χ3v) is 3.56. The molecular weight excluding hydrogens is 256 g/mol. The van der Waals surface area contributed by atoms with Gasteiger partial charge in [-0.15, -0.1) is 11.3 Å².